The summed E-state index contributed by atoms with van der Waals surface area (Å²) in [6.07, 6.45) is -2.57. The smallest absolute Gasteiger partial charge is 0.420 e. The fourth-order valence-corrected chi connectivity index (χ4v) is 3.17. The average Bonchev–Trinajstić information content (AvgIpc) is 2.74. The van der Waals surface area contributed by atoms with Crippen molar-refractivity contribution in [3.63, 3.8) is 0 Å². The van der Waals surface area contributed by atoms with E-state index in [-0.39, 0.29) is 26.4 Å². The van der Waals surface area contributed by atoms with E-state index < -0.39 is 53.7 Å². The van der Waals surface area contributed by atoms with Gasteiger partial charge in [-0.3, -0.25) is 0 Å². The number of nitrogens with zero attached hydrogens (tertiary/aromatic N) is 1. The number of hydrogen-bond acceptors (Lipinski definition) is 10. The minimum atomic E-state index is -1.46. The van der Waals surface area contributed by atoms with Crippen LogP contribution in [-0.4, -0.2) is 96.8 Å². The van der Waals surface area contributed by atoms with Crippen molar-refractivity contribution in [2.24, 2.45) is 0 Å². The maximum atomic E-state index is 13.2. The molecule has 2 amide bonds. The van der Waals surface area contributed by atoms with E-state index in [0.29, 0.717) is 11.5 Å². The highest BCUT2D eigenvalue weighted by molar-refractivity contribution is 5.94. The van der Waals surface area contributed by atoms with Gasteiger partial charge in [0.2, 0.25) is 0 Å². The van der Waals surface area contributed by atoms with Gasteiger partial charge in [-0.25, -0.2) is 14.4 Å². The minimum absolute atomic E-state index is 0.00552. The second kappa shape index (κ2) is 14.0. The second-order valence-corrected chi connectivity index (χ2v) is 10.3. The Hall–Kier alpha value is -1.95. The Morgan fingerprint density at radius 3 is 2.06 bits per heavy atom. The molecule has 11 nitrogen and oxygen atoms in total. The number of carbonyl (C=O) groups excluding carboxylic acids is 3. The maximum absolute atomic E-state index is 13.2. The Labute approximate surface area is 208 Å². The Morgan fingerprint density at radius 2 is 1.57 bits per heavy atom. The Bertz CT molecular complexity index is 657. The summed E-state index contributed by atoms with van der Waals surface area (Å²) >= 11 is 0. The van der Waals surface area contributed by atoms with Crippen LogP contribution in [0.25, 0.3) is 0 Å². The molecule has 0 bridgehead atoms. The average molecular weight is 506 g/mol. The van der Waals surface area contributed by atoms with Gasteiger partial charge in [-0.05, 0) is 54.9 Å². The molecule has 1 rings (SSSR count). The fraction of sp³-hybridized carbons (Fsp3) is 0.875. The topological polar surface area (TPSA) is 130 Å². The first-order valence-electron chi connectivity index (χ1n) is 12.1. The number of cyclic esters (lactones) is 1. The van der Waals surface area contributed by atoms with Crippen LogP contribution in [0.5, 0.6) is 0 Å². The number of hydrogen-bond donors (Lipinski definition) is 1. The molecule has 1 saturated heterocycles. The number of imide groups is 1. The normalized spacial score (nSPS) is 24.0. The molecule has 1 fully saturated rings. The van der Waals surface area contributed by atoms with Crippen molar-refractivity contribution in [1.82, 2.24) is 4.90 Å². The summed E-state index contributed by atoms with van der Waals surface area (Å²) in [5.74, 6) is -0.888. The van der Waals surface area contributed by atoms with Crippen LogP contribution in [-0.2, 0) is 33.2 Å². The van der Waals surface area contributed by atoms with Crippen LogP contribution in [0, 0.1) is 0 Å². The molecule has 1 N–H and O–H groups in total. The van der Waals surface area contributed by atoms with Crippen molar-refractivity contribution in [3.05, 3.63) is 0 Å². The number of esters is 1. The molecule has 11 heteroatoms. The monoisotopic (exact) mass is 505 g/mol. The number of aliphatic hydroxyl groups excluding tert-OH is 1. The fourth-order valence-electron chi connectivity index (χ4n) is 3.17. The first-order chi connectivity index (χ1) is 16.2. The molecule has 0 saturated carbocycles. The molecule has 35 heavy (non-hydrogen) atoms. The van der Waals surface area contributed by atoms with E-state index in [2.05, 4.69) is 0 Å². The minimum Gasteiger partial charge on any atom is -0.458 e. The summed E-state index contributed by atoms with van der Waals surface area (Å²) in [6, 6.07) is -1.46. The van der Waals surface area contributed by atoms with Gasteiger partial charge in [-0.2, -0.15) is 4.90 Å². The third-order valence-corrected chi connectivity index (χ3v) is 4.68. The van der Waals surface area contributed by atoms with Crippen molar-refractivity contribution in [2.75, 3.05) is 33.0 Å². The largest absolute Gasteiger partial charge is 0.458 e. The maximum Gasteiger partial charge on any atom is 0.420 e. The van der Waals surface area contributed by atoms with Crippen LogP contribution < -0.4 is 0 Å². The highest BCUT2D eigenvalue weighted by atomic mass is 16.6. The highest BCUT2D eigenvalue weighted by Gasteiger charge is 2.44. The molecule has 0 aliphatic carbocycles. The van der Waals surface area contributed by atoms with Crippen molar-refractivity contribution in [2.45, 2.75) is 104 Å². The SMILES string of the molecule is CCCCO[C@H]1COC[C@H](N(C(=O)OC(C)(C)C)C(=O)OC(C)(C)C)C(=O)O[C@@H](C)[C@@H]1OCCO. The molecular weight excluding hydrogens is 462 g/mol. The number of carbonyl (C=O) groups is 3. The first-order valence-corrected chi connectivity index (χ1v) is 12.1. The molecule has 0 spiro atoms. The van der Waals surface area contributed by atoms with E-state index in [4.69, 9.17) is 28.4 Å². The van der Waals surface area contributed by atoms with Gasteiger partial charge in [-0.15, -0.1) is 0 Å². The summed E-state index contributed by atoms with van der Waals surface area (Å²) in [4.78, 5) is 39.8. The summed E-state index contributed by atoms with van der Waals surface area (Å²) < 4.78 is 33.8. The lowest BCUT2D eigenvalue weighted by molar-refractivity contribution is -0.170. The summed E-state index contributed by atoms with van der Waals surface area (Å²) in [6.45, 7) is 13.3. The Kier molecular flexibility index (Phi) is 12.4. The van der Waals surface area contributed by atoms with Crippen LogP contribution in [0.1, 0.15) is 68.2 Å². The number of unbranched alkanes of at least 4 members (excludes halogenated alkanes) is 1. The van der Waals surface area contributed by atoms with Crippen molar-refractivity contribution in [3.8, 4) is 0 Å². The van der Waals surface area contributed by atoms with E-state index >= 15 is 0 Å². The van der Waals surface area contributed by atoms with E-state index in [0.717, 1.165) is 12.8 Å². The molecular formula is C24H43NO10. The quantitative estimate of drug-likeness (QED) is 0.298. The lowest BCUT2D eigenvalue weighted by Gasteiger charge is -2.32. The predicted molar refractivity (Wildman–Crippen MR) is 126 cm³/mol. The van der Waals surface area contributed by atoms with Crippen LogP contribution in [0.3, 0.4) is 0 Å². The molecule has 0 aromatic carbocycles. The van der Waals surface area contributed by atoms with Crippen molar-refractivity contribution in [1.29, 1.82) is 0 Å². The Morgan fingerprint density at radius 1 is 1.00 bits per heavy atom. The molecule has 1 aliphatic rings. The van der Waals surface area contributed by atoms with E-state index in [9.17, 15) is 19.5 Å². The van der Waals surface area contributed by atoms with Gasteiger partial charge in [0.1, 0.15) is 29.5 Å². The van der Waals surface area contributed by atoms with Gasteiger partial charge in [0.25, 0.3) is 0 Å². The standard InChI is InChI=1S/C24H43NO10/c1-9-10-12-31-18-15-30-14-17(20(27)33-16(2)19(18)32-13-11-26)25(21(28)34-23(3,4)5)22(29)35-24(6,7)8/h16-19,26H,9-15H2,1-8H3/t16-,17-,18-,19-/m0/s1. The van der Waals surface area contributed by atoms with Crippen molar-refractivity contribution >= 4 is 18.2 Å². The second-order valence-electron chi connectivity index (χ2n) is 10.3. The molecule has 0 radical (unpaired) electrons. The van der Waals surface area contributed by atoms with Gasteiger partial charge < -0.3 is 33.5 Å². The molecule has 204 valence electrons. The number of amides is 2. The van der Waals surface area contributed by atoms with E-state index in [1.165, 1.54) is 0 Å². The molecule has 4 atom stereocenters. The van der Waals surface area contributed by atoms with E-state index in [1.807, 2.05) is 6.92 Å². The zero-order chi connectivity index (χ0) is 26.8. The van der Waals surface area contributed by atoms with E-state index in [1.54, 1.807) is 48.5 Å². The summed E-state index contributed by atoms with van der Waals surface area (Å²) in [5.41, 5.74) is -1.87. The lowest BCUT2D eigenvalue weighted by Crippen LogP contribution is -2.54. The van der Waals surface area contributed by atoms with Crippen LogP contribution in [0.15, 0.2) is 0 Å². The first kappa shape index (κ1) is 31.1. The third kappa shape index (κ3) is 11.1. The van der Waals surface area contributed by atoms with Gasteiger partial charge in [-0.1, -0.05) is 13.3 Å². The zero-order valence-corrected chi connectivity index (χ0v) is 22.3. The number of aliphatic hydroxyl groups is 1. The van der Waals surface area contributed by atoms with Gasteiger partial charge in [0.15, 0.2) is 6.04 Å². The third-order valence-electron chi connectivity index (χ3n) is 4.68. The van der Waals surface area contributed by atoms with Crippen LogP contribution >= 0.6 is 0 Å². The molecule has 1 aliphatic heterocycles. The van der Waals surface area contributed by atoms with Gasteiger partial charge in [0, 0.05) is 6.61 Å². The Balaban J connectivity index is 3.26. The molecule has 0 unspecified atom stereocenters. The van der Waals surface area contributed by atoms with Crippen molar-refractivity contribution < 1.29 is 47.9 Å². The lowest BCUT2D eigenvalue weighted by atomic mass is 10.1. The van der Waals surface area contributed by atoms with Crippen LogP contribution in [0.2, 0.25) is 0 Å². The predicted octanol–water partition coefficient (Wildman–Crippen LogP) is 3.05. The highest BCUT2D eigenvalue weighted by Crippen LogP contribution is 2.22. The summed E-state index contributed by atoms with van der Waals surface area (Å²) in [5, 5.41) is 9.23. The number of ether oxygens (including phenoxy) is 6. The molecule has 0 aromatic rings. The van der Waals surface area contributed by atoms with Gasteiger partial charge >= 0.3 is 18.2 Å². The zero-order valence-electron chi connectivity index (χ0n) is 22.3. The number of rotatable bonds is 8. The summed E-state index contributed by atoms with van der Waals surface area (Å²) in [7, 11) is 0. The van der Waals surface area contributed by atoms with Crippen LogP contribution in [0.4, 0.5) is 9.59 Å². The molecule has 1 heterocycles. The molecule has 0 aromatic heterocycles. The van der Waals surface area contributed by atoms with Gasteiger partial charge in [0.05, 0.1) is 26.4 Å².